The number of aromatic amines is 1. The number of anilines is 2. The van der Waals surface area contributed by atoms with Crippen LogP contribution in [0.5, 0.6) is 0 Å². The molecule has 38 heavy (non-hydrogen) atoms. The summed E-state index contributed by atoms with van der Waals surface area (Å²) in [4.78, 5) is 41.6. The van der Waals surface area contributed by atoms with Crippen molar-refractivity contribution in [3.63, 3.8) is 0 Å². The number of carbonyl (C=O) groups excluding carboxylic acids is 3. The number of aryl methyl sites for hydroxylation is 1. The van der Waals surface area contributed by atoms with E-state index in [-0.39, 0.29) is 29.6 Å². The van der Waals surface area contributed by atoms with Crippen LogP contribution in [-0.2, 0) is 4.79 Å². The Morgan fingerprint density at radius 2 is 1.79 bits per heavy atom. The van der Waals surface area contributed by atoms with E-state index >= 15 is 0 Å². The molecule has 8 nitrogen and oxygen atoms in total. The van der Waals surface area contributed by atoms with Gasteiger partial charge in [0.1, 0.15) is 12.1 Å². The van der Waals surface area contributed by atoms with Gasteiger partial charge in [-0.25, -0.2) is 4.39 Å². The molecule has 0 aliphatic carbocycles. The molecule has 4 aromatic rings. The molecule has 3 amide bonds. The van der Waals surface area contributed by atoms with Crippen molar-refractivity contribution in [1.29, 1.82) is 0 Å². The molecule has 1 aliphatic rings. The fourth-order valence-corrected chi connectivity index (χ4v) is 4.42. The maximum atomic E-state index is 13.2. The van der Waals surface area contributed by atoms with Crippen LogP contribution in [0.25, 0.3) is 11.6 Å². The van der Waals surface area contributed by atoms with Crippen molar-refractivity contribution in [3.05, 3.63) is 106 Å². The number of amides is 3. The van der Waals surface area contributed by atoms with E-state index in [0.717, 1.165) is 16.8 Å². The predicted molar refractivity (Wildman–Crippen MR) is 142 cm³/mol. The number of benzene rings is 2. The average Bonchev–Trinajstić information content (AvgIpc) is 3.60. The van der Waals surface area contributed by atoms with Gasteiger partial charge in [-0.1, -0.05) is 12.1 Å². The lowest BCUT2D eigenvalue weighted by atomic mass is 10.0. The molecule has 4 N–H and O–H groups in total. The number of H-pyrrole nitrogens is 1. The van der Waals surface area contributed by atoms with Gasteiger partial charge in [-0.05, 0) is 74.4 Å². The van der Waals surface area contributed by atoms with Gasteiger partial charge in [0.15, 0.2) is 0 Å². The lowest BCUT2D eigenvalue weighted by molar-refractivity contribution is -0.110. The molecule has 0 saturated heterocycles. The Morgan fingerprint density at radius 3 is 2.50 bits per heavy atom. The molecule has 2 aromatic heterocycles. The number of halogens is 1. The van der Waals surface area contributed by atoms with Crippen molar-refractivity contribution in [3.8, 4) is 0 Å². The molecule has 0 unspecified atom stereocenters. The molecular formula is C29H25FN4O4. The second-order valence-corrected chi connectivity index (χ2v) is 9.15. The molecular weight excluding hydrogens is 487 g/mol. The first-order valence-corrected chi connectivity index (χ1v) is 12.0. The Bertz CT molecular complexity index is 1580. The highest BCUT2D eigenvalue weighted by Crippen LogP contribution is 2.35. The van der Waals surface area contributed by atoms with Crippen molar-refractivity contribution in [2.45, 2.75) is 26.8 Å². The fraction of sp³-hybridized carbons (Fsp3) is 0.138. The second-order valence-electron chi connectivity index (χ2n) is 9.15. The molecule has 1 aliphatic heterocycles. The number of hydrogen-bond donors (Lipinski definition) is 4. The summed E-state index contributed by atoms with van der Waals surface area (Å²) >= 11 is 0. The van der Waals surface area contributed by atoms with Crippen LogP contribution < -0.4 is 16.0 Å². The number of nitrogens with one attached hydrogen (secondary N) is 4. The molecule has 0 saturated carbocycles. The second kappa shape index (κ2) is 9.85. The third kappa shape index (κ3) is 4.73. The lowest BCUT2D eigenvalue weighted by Crippen LogP contribution is -2.26. The van der Waals surface area contributed by atoms with Crippen molar-refractivity contribution in [2.75, 3.05) is 10.6 Å². The molecule has 0 spiro atoms. The molecule has 0 bridgehead atoms. The summed E-state index contributed by atoms with van der Waals surface area (Å²) in [6, 6.07) is 12.2. The average molecular weight is 513 g/mol. The fourth-order valence-electron chi connectivity index (χ4n) is 4.42. The first kappa shape index (κ1) is 24.8. The summed E-state index contributed by atoms with van der Waals surface area (Å²) in [5, 5.41) is 8.62. The Kier molecular flexibility index (Phi) is 6.42. The lowest BCUT2D eigenvalue weighted by Gasteiger charge is -2.15. The van der Waals surface area contributed by atoms with E-state index in [1.165, 1.54) is 24.7 Å². The van der Waals surface area contributed by atoms with E-state index < -0.39 is 0 Å². The SMILES string of the molecule is Cc1[nH]c(/C=C2\C(=O)Nc3ccc(C(=O)N[C@H](C)c4ccc(F)cc4)cc32)c(C)c1NC(=O)c1ccoc1. The Morgan fingerprint density at radius 1 is 1.03 bits per heavy atom. The highest BCUT2D eigenvalue weighted by molar-refractivity contribution is 6.35. The van der Waals surface area contributed by atoms with Gasteiger partial charge >= 0.3 is 0 Å². The summed E-state index contributed by atoms with van der Waals surface area (Å²) in [6.07, 6.45) is 4.50. The first-order chi connectivity index (χ1) is 18.2. The summed E-state index contributed by atoms with van der Waals surface area (Å²) in [5.74, 6) is -1.27. The Hall–Kier alpha value is -4.92. The van der Waals surface area contributed by atoms with Gasteiger partial charge < -0.3 is 25.4 Å². The smallest absolute Gasteiger partial charge is 0.258 e. The standard InChI is InChI=1S/C29H25FN4O4/c1-15-25(31-17(3)26(15)34-28(36)20-10-11-38-14-20)13-23-22-12-19(6-9-24(22)33-29(23)37)27(35)32-16(2)18-4-7-21(30)8-5-18/h4-14,16,31H,1-3H3,(H,32,35)(H,33,37)(H,34,36)/b23-13-/t16-/m1/s1. The summed E-state index contributed by atoms with van der Waals surface area (Å²) in [5.41, 5.74) is 5.88. The van der Waals surface area contributed by atoms with Crippen molar-refractivity contribution < 1.29 is 23.2 Å². The van der Waals surface area contributed by atoms with E-state index in [2.05, 4.69) is 20.9 Å². The van der Waals surface area contributed by atoms with Crippen LogP contribution in [0.2, 0.25) is 0 Å². The monoisotopic (exact) mass is 512 g/mol. The number of furan rings is 1. The highest BCUT2D eigenvalue weighted by atomic mass is 19.1. The molecule has 5 rings (SSSR count). The van der Waals surface area contributed by atoms with E-state index in [0.29, 0.717) is 39.3 Å². The van der Waals surface area contributed by atoms with E-state index in [1.54, 1.807) is 42.5 Å². The molecule has 9 heteroatoms. The van der Waals surface area contributed by atoms with Crippen LogP contribution in [0.3, 0.4) is 0 Å². The summed E-state index contributed by atoms with van der Waals surface area (Å²) in [7, 11) is 0. The van der Waals surface area contributed by atoms with Crippen molar-refractivity contribution in [1.82, 2.24) is 10.3 Å². The zero-order valence-corrected chi connectivity index (χ0v) is 20.9. The number of hydrogen-bond acceptors (Lipinski definition) is 4. The molecule has 192 valence electrons. The number of rotatable bonds is 6. The number of fused-ring (bicyclic) bond motifs is 1. The van der Waals surface area contributed by atoms with Gasteiger partial charge in [0.05, 0.1) is 29.1 Å². The van der Waals surface area contributed by atoms with Crippen molar-refractivity contribution >= 4 is 40.7 Å². The maximum Gasteiger partial charge on any atom is 0.258 e. The maximum absolute atomic E-state index is 13.2. The van der Waals surface area contributed by atoms with Crippen LogP contribution in [0.1, 0.15) is 61.8 Å². The minimum atomic E-state index is -0.345. The topological polar surface area (TPSA) is 116 Å². The minimum Gasteiger partial charge on any atom is -0.472 e. The molecule has 0 fully saturated rings. The van der Waals surface area contributed by atoms with Gasteiger partial charge in [0, 0.05) is 28.2 Å². The normalized spacial score (nSPS) is 14.2. The number of carbonyl (C=O) groups is 3. The predicted octanol–water partition coefficient (Wildman–Crippen LogP) is 5.60. The highest BCUT2D eigenvalue weighted by Gasteiger charge is 2.27. The van der Waals surface area contributed by atoms with E-state index in [1.807, 2.05) is 20.8 Å². The van der Waals surface area contributed by atoms with Gasteiger partial charge in [-0.3, -0.25) is 14.4 Å². The van der Waals surface area contributed by atoms with Crippen LogP contribution in [0.4, 0.5) is 15.8 Å². The van der Waals surface area contributed by atoms with Crippen LogP contribution in [-0.4, -0.2) is 22.7 Å². The molecule has 1 atom stereocenters. The molecule has 0 radical (unpaired) electrons. The van der Waals surface area contributed by atoms with E-state index in [4.69, 9.17) is 4.42 Å². The van der Waals surface area contributed by atoms with Gasteiger partial charge in [0.25, 0.3) is 17.7 Å². The summed E-state index contributed by atoms with van der Waals surface area (Å²) in [6.45, 7) is 5.48. The summed E-state index contributed by atoms with van der Waals surface area (Å²) < 4.78 is 18.2. The molecule has 2 aromatic carbocycles. The zero-order chi connectivity index (χ0) is 27.0. The van der Waals surface area contributed by atoms with E-state index in [9.17, 15) is 18.8 Å². The van der Waals surface area contributed by atoms with Gasteiger partial charge in [-0.15, -0.1) is 0 Å². The van der Waals surface area contributed by atoms with Crippen LogP contribution >= 0.6 is 0 Å². The molecule has 3 heterocycles. The Labute approximate surface area is 217 Å². The first-order valence-electron chi connectivity index (χ1n) is 12.0. The van der Waals surface area contributed by atoms with Gasteiger partial charge in [-0.2, -0.15) is 0 Å². The van der Waals surface area contributed by atoms with Gasteiger partial charge in [0.2, 0.25) is 0 Å². The third-order valence-corrected chi connectivity index (χ3v) is 6.57. The van der Waals surface area contributed by atoms with Crippen LogP contribution in [0, 0.1) is 19.7 Å². The zero-order valence-electron chi connectivity index (χ0n) is 20.9. The third-order valence-electron chi connectivity index (χ3n) is 6.57. The van der Waals surface area contributed by atoms with Crippen LogP contribution in [0.15, 0.2) is 65.5 Å². The Balaban J connectivity index is 1.40. The minimum absolute atomic E-state index is 0.298. The quantitative estimate of drug-likeness (QED) is 0.252. The number of aromatic nitrogens is 1. The van der Waals surface area contributed by atoms with Crippen molar-refractivity contribution in [2.24, 2.45) is 0 Å². The largest absolute Gasteiger partial charge is 0.472 e.